The van der Waals surface area contributed by atoms with E-state index < -0.39 is 0 Å². The molecular weight excluding hydrogens is 418 g/mol. The monoisotopic (exact) mass is 447 g/mol. The van der Waals surface area contributed by atoms with E-state index in [9.17, 15) is 4.79 Å². The van der Waals surface area contributed by atoms with Crippen LogP contribution in [0.1, 0.15) is 11.1 Å². The predicted molar refractivity (Wildman–Crippen MR) is 129 cm³/mol. The molecule has 3 aromatic rings. The standard InChI is InChI=1S/C25H29N5O3/c1-17-5-7-20(18(2)15-17)21-8-10-24(28-27-21)29-11-13-30(14-12-29)25(31)26-22-16-19(32-3)6-9-23(22)33-4/h5-10,15-16H,11-14H2,1-4H3,(H,26,31). The van der Waals surface area contributed by atoms with Gasteiger partial charge in [0.1, 0.15) is 11.5 Å². The third-order valence-corrected chi connectivity index (χ3v) is 5.85. The van der Waals surface area contributed by atoms with Crippen molar-refractivity contribution in [3.63, 3.8) is 0 Å². The molecule has 1 aliphatic rings. The number of methoxy groups -OCH3 is 2. The molecule has 1 aliphatic heterocycles. The first kappa shape index (κ1) is 22.4. The third kappa shape index (κ3) is 5.00. The predicted octanol–water partition coefficient (Wildman–Crippen LogP) is 4.13. The van der Waals surface area contributed by atoms with E-state index in [0.29, 0.717) is 43.4 Å². The summed E-state index contributed by atoms with van der Waals surface area (Å²) in [6.45, 7) is 6.69. The topological polar surface area (TPSA) is 79.8 Å². The largest absolute Gasteiger partial charge is 0.497 e. The first-order valence-corrected chi connectivity index (χ1v) is 10.9. The number of aryl methyl sites for hydroxylation is 2. The second-order valence-corrected chi connectivity index (χ2v) is 8.07. The Morgan fingerprint density at radius 2 is 1.70 bits per heavy atom. The van der Waals surface area contributed by atoms with Crippen LogP contribution in [0.5, 0.6) is 11.5 Å². The lowest BCUT2D eigenvalue weighted by molar-refractivity contribution is 0.208. The Labute approximate surface area is 194 Å². The highest BCUT2D eigenvalue weighted by Gasteiger charge is 2.23. The van der Waals surface area contributed by atoms with Gasteiger partial charge in [-0.15, -0.1) is 10.2 Å². The molecule has 0 atom stereocenters. The Kier molecular flexibility index (Phi) is 6.63. The first-order chi connectivity index (χ1) is 16.0. The van der Waals surface area contributed by atoms with Crippen LogP contribution in [0.4, 0.5) is 16.3 Å². The van der Waals surface area contributed by atoms with Crippen LogP contribution in [-0.2, 0) is 0 Å². The number of rotatable bonds is 5. The van der Waals surface area contributed by atoms with Crippen LogP contribution in [0.25, 0.3) is 11.3 Å². The van der Waals surface area contributed by atoms with Gasteiger partial charge in [0.05, 0.1) is 25.6 Å². The number of nitrogens with one attached hydrogen (secondary N) is 1. The van der Waals surface area contributed by atoms with Gasteiger partial charge in [0.15, 0.2) is 5.82 Å². The highest BCUT2D eigenvalue weighted by Crippen LogP contribution is 2.29. The number of ether oxygens (including phenoxy) is 2. The van der Waals surface area contributed by atoms with Crippen LogP contribution in [-0.4, -0.2) is 61.5 Å². The summed E-state index contributed by atoms with van der Waals surface area (Å²) in [6.07, 6.45) is 0. The molecule has 0 radical (unpaired) electrons. The van der Waals surface area contributed by atoms with E-state index in [-0.39, 0.29) is 6.03 Å². The molecule has 2 aromatic carbocycles. The van der Waals surface area contributed by atoms with Crippen LogP contribution in [0.2, 0.25) is 0 Å². The van der Waals surface area contributed by atoms with Crippen LogP contribution in [0.15, 0.2) is 48.5 Å². The zero-order chi connectivity index (χ0) is 23.4. The number of piperazine rings is 1. The molecule has 0 unspecified atom stereocenters. The van der Waals surface area contributed by atoms with Crippen molar-refractivity contribution in [2.24, 2.45) is 0 Å². The molecule has 0 bridgehead atoms. The van der Waals surface area contributed by atoms with Gasteiger partial charge in [-0.25, -0.2) is 4.79 Å². The maximum atomic E-state index is 12.8. The number of hydrogen-bond donors (Lipinski definition) is 1. The van der Waals surface area contributed by atoms with E-state index in [1.54, 1.807) is 37.3 Å². The van der Waals surface area contributed by atoms with E-state index in [1.807, 2.05) is 12.1 Å². The van der Waals surface area contributed by atoms with Gasteiger partial charge in [-0.3, -0.25) is 0 Å². The summed E-state index contributed by atoms with van der Waals surface area (Å²) in [5.41, 5.74) is 4.95. The zero-order valence-corrected chi connectivity index (χ0v) is 19.5. The summed E-state index contributed by atoms with van der Waals surface area (Å²) >= 11 is 0. The van der Waals surface area contributed by atoms with Crippen molar-refractivity contribution in [3.8, 4) is 22.8 Å². The fourth-order valence-electron chi connectivity index (χ4n) is 3.98. The smallest absolute Gasteiger partial charge is 0.322 e. The van der Waals surface area contributed by atoms with Crippen molar-refractivity contribution in [3.05, 3.63) is 59.7 Å². The second kappa shape index (κ2) is 9.77. The van der Waals surface area contributed by atoms with E-state index in [2.05, 4.69) is 52.5 Å². The highest BCUT2D eigenvalue weighted by molar-refractivity contribution is 5.91. The molecule has 1 saturated heterocycles. The number of nitrogens with zero attached hydrogens (tertiary/aromatic N) is 4. The molecule has 0 saturated carbocycles. The molecule has 1 fully saturated rings. The molecule has 4 rings (SSSR count). The van der Waals surface area contributed by atoms with Crippen molar-refractivity contribution >= 4 is 17.5 Å². The average molecular weight is 448 g/mol. The van der Waals surface area contributed by atoms with Gasteiger partial charge in [-0.2, -0.15) is 0 Å². The lowest BCUT2D eigenvalue weighted by Gasteiger charge is -2.35. The zero-order valence-electron chi connectivity index (χ0n) is 19.5. The van der Waals surface area contributed by atoms with E-state index in [0.717, 1.165) is 17.1 Å². The third-order valence-electron chi connectivity index (χ3n) is 5.85. The summed E-state index contributed by atoms with van der Waals surface area (Å²) in [4.78, 5) is 16.7. The van der Waals surface area contributed by atoms with E-state index in [4.69, 9.17) is 9.47 Å². The fraction of sp³-hybridized carbons (Fsp3) is 0.320. The summed E-state index contributed by atoms with van der Waals surface area (Å²) < 4.78 is 10.6. The molecule has 1 aromatic heterocycles. The molecule has 8 heteroatoms. The second-order valence-electron chi connectivity index (χ2n) is 8.07. The van der Waals surface area contributed by atoms with Gasteiger partial charge in [0.25, 0.3) is 0 Å². The maximum Gasteiger partial charge on any atom is 0.322 e. The maximum absolute atomic E-state index is 12.8. The minimum atomic E-state index is -0.169. The van der Waals surface area contributed by atoms with Crippen molar-refractivity contribution in [1.29, 1.82) is 0 Å². The van der Waals surface area contributed by atoms with Crippen molar-refractivity contribution in [2.45, 2.75) is 13.8 Å². The van der Waals surface area contributed by atoms with Crippen LogP contribution in [0.3, 0.4) is 0 Å². The van der Waals surface area contributed by atoms with Crippen LogP contribution in [0, 0.1) is 13.8 Å². The molecule has 2 heterocycles. The molecule has 2 amide bonds. The van der Waals surface area contributed by atoms with Crippen molar-refractivity contribution < 1.29 is 14.3 Å². The number of hydrogen-bond acceptors (Lipinski definition) is 6. The highest BCUT2D eigenvalue weighted by atomic mass is 16.5. The van der Waals surface area contributed by atoms with Crippen LogP contribution < -0.4 is 19.7 Å². The normalized spacial score (nSPS) is 13.6. The quantitative estimate of drug-likeness (QED) is 0.634. The number of aromatic nitrogens is 2. The average Bonchev–Trinajstić information content (AvgIpc) is 2.84. The molecule has 0 spiro atoms. The van der Waals surface area contributed by atoms with Crippen molar-refractivity contribution in [2.75, 3.05) is 50.6 Å². The number of carbonyl (C=O) groups excluding carboxylic acids is 1. The summed E-state index contributed by atoms with van der Waals surface area (Å²) in [5, 5.41) is 11.8. The molecule has 172 valence electrons. The number of carbonyl (C=O) groups is 1. The first-order valence-electron chi connectivity index (χ1n) is 10.9. The Hall–Kier alpha value is -3.81. The number of anilines is 2. The lowest BCUT2D eigenvalue weighted by Crippen LogP contribution is -2.50. The van der Waals surface area contributed by atoms with E-state index >= 15 is 0 Å². The van der Waals surface area contributed by atoms with Gasteiger partial charge >= 0.3 is 6.03 Å². The van der Waals surface area contributed by atoms with Crippen LogP contribution >= 0.6 is 0 Å². The molecule has 1 N–H and O–H groups in total. The van der Waals surface area contributed by atoms with Gasteiger partial charge < -0.3 is 24.6 Å². The summed E-state index contributed by atoms with van der Waals surface area (Å²) in [7, 11) is 3.16. The fourth-order valence-corrected chi connectivity index (χ4v) is 3.98. The minimum Gasteiger partial charge on any atom is -0.497 e. The SMILES string of the molecule is COc1ccc(OC)c(NC(=O)N2CCN(c3ccc(-c4ccc(C)cc4C)nn3)CC2)c1. The van der Waals surface area contributed by atoms with Gasteiger partial charge in [0, 0.05) is 37.8 Å². The van der Waals surface area contributed by atoms with Crippen molar-refractivity contribution in [1.82, 2.24) is 15.1 Å². The Morgan fingerprint density at radius 3 is 2.33 bits per heavy atom. The molecule has 8 nitrogen and oxygen atoms in total. The number of benzene rings is 2. The summed E-state index contributed by atoms with van der Waals surface area (Å²) in [6, 6.07) is 15.5. The molecule has 0 aliphatic carbocycles. The Bertz CT molecular complexity index is 1130. The Balaban J connectivity index is 1.37. The van der Waals surface area contributed by atoms with E-state index in [1.165, 1.54) is 11.1 Å². The van der Waals surface area contributed by atoms with Gasteiger partial charge in [-0.1, -0.05) is 23.8 Å². The number of amides is 2. The lowest BCUT2D eigenvalue weighted by atomic mass is 10.0. The molecular formula is C25H29N5O3. The van der Waals surface area contributed by atoms with Gasteiger partial charge in [-0.05, 0) is 43.7 Å². The number of urea groups is 1. The summed E-state index contributed by atoms with van der Waals surface area (Å²) in [5.74, 6) is 2.05. The minimum absolute atomic E-state index is 0.169. The van der Waals surface area contributed by atoms with Gasteiger partial charge in [0.2, 0.25) is 0 Å². The molecule has 33 heavy (non-hydrogen) atoms. The Morgan fingerprint density at radius 1 is 0.909 bits per heavy atom.